The largest absolute Gasteiger partial charge is 0.338 e. The van der Waals surface area contributed by atoms with Crippen LogP contribution in [-0.2, 0) is 6.54 Å². The van der Waals surface area contributed by atoms with E-state index in [4.69, 9.17) is 5.73 Å². The molecule has 0 saturated carbocycles. The molecular weight excluding hydrogens is 344 g/mol. The molecule has 2 aliphatic heterocycles. The lowest BCUT2D eigenvalue weighted by atomic mass is 10.0. The highest BCUT2D eigenvalue weighted by Crippen LogP contribution is 2.27. The molecule has 3 amide bonds. The van der Waals surface area contributed by atoms with E-state index in [0.29, 0.717) is 36.7 Å². The van der Waals surface area contributed by atoms with Gasteiger partial charge in [-0.05, 0) is 54.8 Å². The summed E-state index contributed by atoms with van der Waals surface area (Å²) >= 11 is 0. The number of pyridine rings is 1. The van der Waals surface area contributed by atoms with Crippen LogP contribution in [0, 0.1) is 5.92 Å². The van der Waals surface area contributed by atoms with Gasteiger partial charge < -0.3 is 10.6 Å². The maximum absolute atomic E-state index is 12.8. The van der Waals surface area contributed by atoms with Gasteiger partial charge in [0.2, 0.25) is 0 Å². The van der Waals surface area contributed by atoms with Crippen molar-refractivity contribution in [1.82, 2.24) is 14.8 Å². The van der Waals surface area contributed by atoms with E-state index in [2.05, 4.69) is 4.98 Å². The van der Waals surface area contributed by atoms with E-state index in [9.17, 15) is 14.4 Å². The highest BCUT2D eigenvalue weighted by Gasteiger charge is 2.36. The van der Waals surface area contributed by atoms with Crippen LogP contribution in [0.1, 0.15) is 43.1 Å². The molecule has 4 rings (SSSR count). The van der Waals surface area contributed by atoms with Gasteiger partial charge in [-0.15, -0.1) is 0 Å². The summed E-state index contributed by atoms with van der Waals surface area (Å²) < 4.78 is 0. The number of likely N-dealkylation sites (tertiary alicyclic amines) is 1. The summed E-state index contributed by atoms with van der Waals surface area (Å²) in [5.74, 6) is -0.512. The number of carbonyl (C=O) groups excluding carboxylic acids is 3. The zero-order valence-electron chi connectivity index (χ0n) is 14.8. The monoisotopic (exact) mass is 364 g/mol. The number of fused-ring (bicyclic) bond motifs is 1. The quantitative estimate of drug-likeness (QED) is 0.825. The Morgan fingerprint density at radius 3 is 2.56 bits per heavy atom. The Labute approximate surface area is 156 Å². The van der Waals surface area contributed by atoms with Crippen molar-refractivity contribution >= 4 is 17.7 Å². The van der Waals surface area contributed by atoms with E-state index in [-0.39, 0.29) is 29.8 Å². The van der Waals surface area contributed by atoms with Gasteiger partial charge in [0.25, 0.3) is 17.7 Å². The number of nitrogens with two attached hydrogens (primary N) is 1. The molecule has 0 radical (unpaired) electrons. The Balaban J connectivity index is 1.56. The van der Waals surface area contributed by atoms with Gasteiger partial charge in [-0.2, -0.15) is 0 Å². The van der Waals surface area contributed by atoms with Crippen molar-refractivity contribution in [2.24, 2.45) is 11.7 Å². The first-order chi connectivity index (χ1) is 13.1. The van der Waals surface area contributed by atoms with Crippen LogP contribution < -0.4 is 5.73 Å². The molecule has 1 aromatic carbocycles. The van der Waals surface area contributed by atoms with Crippen LogP contribution in [0.5, 0.6) is 0 Å². The van der Waals surface area contributed by atoms with Crippen molar-refractivity contribution in [2.45, 2.75) is 13.0 Å². The van der Waals surface area contributed by atoms with Gasteiger partial charge in [0.05, 0.1) is 17.7 Å². The predicted octanol–water partition coefficient (Wildman–Crippen LogP) is 1.30. The number of hydrogen-bond donors (Lipinski definition) is 1. The topological polar surface area (TPSA) is 96.6 Å². The molecule has 7 nitrogen and oxygen atoms in total. The number of nitrogens with zero attached hydrogens (tertiary/aromatic N) is 3. The second-order valence-corrected chi connectivity index (χ2v) is 6.95. The van der Waals surface area contributed by atoms with E-state index in [1.54, 1.807) is 47.6 Å². The Kier molecular flexibility index (Phi) is 4.45. The summed E-state index contributed by atoms with van der Waals surface area (Å²) in [4.78, 5) is 45.0. The fourth-order valence-electron chi connectivity index (χ4n) is 3.63. The second kappa shape index (κ2) is 6.92. The number of imide groups is 1. The molecule has 2 aliphatic rings. The first-order valence-electron chi connectivity index (χ1n) is 8.97. The lowest BCUT2D eigenvalue weighted by molar-refractivity contribution is 0.0642. The second-order valence-electron chi connectivity index (χ2n) is 6.95. The van der Waals surface area contributed by atoms with Gasteiger partial charge in [-0.1, -0.05) is 0 Å². The molecule has 1 unspecified atom stereocenters. The highest BCUT2D eigenvalue weighted by atomic mass is 16.2. The normalized spacial score (nSPS) is 18.9. The minimum Gasteiger partial charge on any atom is -0.338 e. The molecular formula is C20H20N4O3. The van der Waals surface area contributed by atoms with Crippen molar-refractivity contribution < 1.29 is 14.4 Å². The first kappa shape index (κ1) is 17.4. The van der Waals surface area contributed by atoms with Crippen molar-refractivity contribution in [3.63, 3.8) is 0 Å². The Morgan fingerprint density at radius 1 is 1.11 bits per heavy atom. The molecule has 27 heavy (non-hydrogen) atoms. The lowest BCUT2D eigenvalue weighted by Crippen LogP contribution is -2.30. The Hall–Kier alpha value is -3.06. The molecule has 1 saturated heterocycles. The minimum absolute atomic E-state index is 0.124. The third kappa shape index (κ3) is 3.10. The molecule has 2 aromatic rings. The third-order valence-electron chi connectivity index (χ3n) is 5.21. The van der Waals surface area contributed by atoms with Crippen LogP contribution in [-0.4, -0.2) is 52.1 Å². The SMILES string of the molecule is NCC1CCN(C(=O)c2ccc3c(c2)C(=O)N(Cc2ccncc2)C3=O)C1. The predicted molar refractivity (Wildman–Crippen MR) is 97.9 cm³/mol. The minimum atomic E-state index is -0.372. The molecule has 1 fully saturated rings. The van der Waals surface area contributed by atoms with Crippen LogP contribution >= 0.6 is 0 Å². The van der Waals surface area contributed by atoms with Crippen LogP contribution in [0.25, 0.3) is 0 Å². The van der Waals surface area contributed by atoms with Crippen LogP contribution in [0.4, 0.5) is 0 Å². The fraction of sp³-hybridized carbons (Fsp3) is 0.300. The van der Waals surface area contributed by atoms with Gasteiger partial charge in [0.15, 0.2) is 0 Å². The first-order valence-corrected chi connectivity index (χ1v) is 8.97. The van der Waals surface area contributed by atoms with E-state index in [1.807, 2.05) is 0 Å². The Morgan fingerprint density at radius 2 is 1.85 bits per heavy atom. The zero-order valence-corrected chi connectivity index (χ0v) is 14.8. The van der Waals surface area contributed by atoms with Crippen LogP contribution in [0.2, 0.25) is 0 Å². The van der Waals surface area contributed by atoms with E-state index in [0.717, 1.165) is 12.0 Å². The average Bonchev–Trinajstić information content (AvgIpc) is 3.27. The maximum atomic E-state index is 12.8. The van der Waals surface area contributed by atoms with Crippen molar-refractivity contribution in [1.29, 1.82) is 0 Å². The molecule has 138 valence electrons. The molecule has 1 aromatic heterocycles. The van der Waals surface area contributed by atoms with E-state index >= 15 is 0 Å². The van der Waals surface area contributed by atoms with E-state index in [1.165, 1.54) is 4.90 Å². The molecule has 1 atom stereocenters. The average molecular weight is 364 g/mol. The number of aromatic nitrogens is 1. The fourth-order valence-corrected chi connectivity index (χ4v) is 3.63. The smallest absolute Gasteiger partial charge is 0.261 e. The van der Waals surface area contributed by atoms with Crippen LogP contribution in [0.3, 0.4) is 0 Å². The summed E-state index contributed by atoms with van der Waals surface area (Å²) in [5, 5.41) is 0. The maximum Gasteiger partial charge on any atom is 0.261 e. The standard InChI is InChI=1S/C20H20N4O3/c21-10-14-5-8-23(11-14)18(25)15-1-2-16-17(9-15)20(27)24(19(16)26)12-13-3-6-22-7-4-13/h1-4,6-7,9,14H,5,8,10-12,21H2. The van der Waals surface area contributed by atoms with Crippen molar-refractivity contribution in [2.75, 3.05) is 19.6 Å². The molecule has 2 N–H and O–H groups in total. The number of carbonyl (C=O) groups is 3. The van der Waals surface area contributed by atoms with Gasteiger partial charge >= 0.3 is 0 Å². The molecule has 0 bridgehead atoms. The van der Waals surface area contributed by atoms with Gasteiger partial charge in [0.1, 0.15) is 0 Å². The van der Waals surface area contributed by atoms with Crippen LogP contribution in [0.15, 0.2) is 42.7 Å². The lowest BCUT2D eigenvalue weighted by Gasteiger charge is -2.16. The number of rotatable bonds is 4. The molecule has 3 heterocycles. The summed E-state index contributed by atoms with van der Waals surface area (Å²) in [6.07, 6.45) is 4.13. The van der Waals surface area contributed by atoms with Crippen molar-refractivity contribution in [3.8, 4) is 0 Å². The zero-order chi connectivity index (χ0) is 19.0. The number of hydrogen-bond acceptors (Lipinski definition) is 5. The number of benzene rings is 1. The third-order valence-corrected chi connectivity index (χ3v) is 5.21. The summed E-state index contributed by atoms with van der Waals surface area (Å²) in [5.41, 5.74) is 7.57. The van der Waals surface area contributed by atoms with Gasteiger partial charge in [-0.3, -0.25) is 24.3 Å². The molecule has 7 heteroatoms. The van der Waals surface area contributed by atoms with Crippen molar-refractivity contribution in [3.05, 3.63) is 65.0 Å². The summed E-state index contributed by atoms with van der Waals surface area (Å²) in [6.45, 7) is 2.04. The van der Waals surface area contributed by atoms with E-state index < -0.39 is 0 Å². The molecule has 0 aliphatic carbocycles. The van der Waals surface area contributed by atoms with Gasteiger partial charge in [0, 0.05) is 31.0 Å². The highest BCUT2D eigenvalue weighted by molar-refractivity contribution is 6.22. The summed E-state index contributed by atoms with van der Waals surface area (Å²) in [6, 6.07) is 8.27. The number of amides is 3. The van der Waals surface area contributed by atoms with Gasteiger partial charge in [-0.25, -0.2) is 0 Å². The Bertz CT molecular complexity index is 913. The molecule has 0 spiro atoms. The summed E-state index contributed by atoms with van der Waals surface area (Å²) in [7, 11) is 0.